The molecule has 0 aliphatic heterocycles. The van der Waals surface area contributed by atoms with E-state index in [1.165, 1.54) is 0 Å². The maximum absolute atomic E-state index is 12.8. The van der Waals surface area contributed by atoms with Crippen LogP contribution in [0.1, 0.15) is 15.9 Å². The summed E-state index contributed by atoms with van der Waals surface area (Å²) in [5, 5.41) is 17.0. The Kier molecular flexibility index (Phi) is 2.54. The van der Waals surface area contributed by atoms with E-state index in [1.54, 1.807) is 6.07 Å². The standard InChI is InChI=1S/C8H4FNO2S/c9-6-2-7(13)5(8(11)12)1-4(6)3-10/h1-2,13H,(H,11,12). The zero-order valence-corrected chi connectivity index (χ0v) is 7.18. The zero-order valence-electron chi connectivity index (χ0n) is 6.28. The molecule has 5 heteroatoms. The Morgan fingerprint density at radius 1 is 1.62 bits per heavy atom. The lowest BCUT2D eigenvalue weighted by Crippen LogP contribution is -2.00. The number of hydrogen-bond acceptors (Lipinski definition) is 3. The van der Waals surface area contributed by atoms with Gasteiger partial charge in [-0.25, -0.2) is 9.18 Å². The molecule has 0 unspecified atom stereocenters. The number of hydrogen-bond donors (Lipinski definition) is 2. The summed E-state index contributed by atoms with van der Waals surface area (Å²) in [6, 6.07) is 3.41. The van der Waals surface area contributed by atoms with Gasteiger partial charge >= 0.3 is 5.97 Å². The van der Waals surface area contributed by atoms with Crippen LogP contribution in [0.5, 0.6) is 0 Å². The average Bonchev–Trinajstić information content (AvgIpc) is 2.03. The van der Waals surface area contributed by atoms with Crippen molar-refractivity contribution < 1.29 is 14.3 Å². The minimum Gasteiger partial charge on any atom is -0.478 e. The highest BCUT2D eigenvalue weighted by molar-refractivity contribution is 7.80. The van der Waals surface area contributed by atoms with Crippen molar-refractivity contribution in [2.75, 3.05) is 0 Å². The minimum absolute atomic E-state index is 0.00370. The van der Waals surface area contributed by atoms with Gasteiger partial charge in [0.2, 0.25) is 0 Å². The number of nitrogens with zero attached hydrogens (tertiary/aromatic N) is 1. The van der Waals surface area contributed by atoms with Crippen LogP contribution in [0.15, 0.2) is 17.0 Å². The minimum atomic E-state index is -1.23. The van der Waals surface area contributed by atoms with E-state index in [4.69, 9.17) is 10.4 Å². The highest BCUT2D eigenvalue weighted by atomic mass is 32.1. The number of thiol groups is 1. The second-order valence-electron chi connectivity index (χ2n) is 2.27. The van der Waals surface area contributed by atoms with Gasteiger partial charge in [0.25, 0.3) is 0 Å². The maximum Gasteiger partial charge on any atom is 0.336 e. The largest absolute Gasteiger partial charge is 0.478 e. The first-order valence-electron chi connectivity index (χ1n) is 3.22. The normalized spacial score (nSPS) is 9.31. The third-order valence-corrected chi connectivity index (χ3v) is 1.81. The smallest absolute Gasteiger partial charge is 0.336 e. The molecule has 1 N–H and O–H groups in total. The van der Waals surface area contributed by atoms with Gasteiger partial charge in [-0.2, -0.15) is 5.26 Å². The molecule has 0 fully saturated rings. The highest BCUT2D eigenvalue weighted by Crippen LogP contribution is 2.18. The van der Waals surface area contributed by atoms with Gasteiger partial charge in [-0.3, -0.25) is 0 Å². The number of carboxylic acids is 1. The van der Waals surface area contributed by atoms with Gasteiger partial charge in [0.15, 0.2) is 0 Å². The quantitative estimate of drug-likeness (QED) is 0.673. The first kappa shape index (κ1) is 9.55. The molecule has 0 saturated carbocycles. The molecule has 1 aromatic carbocycles. The van der Waals surface area contributed by atoms with Crippen molar-refractivity contribution in [2.45, 2.75) is 4.90 Å². The number of carboxylic acid groups (broad SMARTS) is 1. The van der Waals surface area contributed by atoms with Crippen molar-refractivity contribution in [1.82, 2.24) is 0 Å². The first-order valence-corrected chi connectivity index (χ1v) is 3.67. The lowest BCUT2D eigenvalue weighted by molar-refractivity contribution is 0.0693. The molecular formula is C8H4FNO2S. The SMILES string of the molecule is N#Cc1cc(C(=O)O)c(S)cc1F. The Labute approximate surface area is 78.8 Å². The van der Waals surface area contributed by atoms with E-state index in [2.05, 4.69) is 12.6 Å². The van der Waals surface area contributed by atoms with Crippen molar-refractivity contribution in [3.8, 4) is 6.07 Å². The van der Waals surface area contributed by atoms with Gasteiger partial charge in [0.05, 0.1) is 11.1 Å². The molecule has 0 heterocycles. The molecule has 0 aliphatic carbocycles. The van der Waals surface area contributed by atoms with Crippen molar-refractivity contribution >= 4 is 18.6 Å². The summed E-state index contributed by atoms with van der Waals surface area (Å²) in [4.78, 5) is 10.5. The molecule has 0 bridgehead atoms. The zero-order chi connectivity index (χ0) is 10.0. The molecule has 13 heavy (non-hydrogen) atoms. The fourth-order valence-electron chi connectivity index (χ4n) is 0.820. The van der Waals surface area contributed by atoms with Crippen LogP contribution < -0.4 is 0 Å². The number of benzene rings is 1. The van der Waals surface area contributed by atoms with Crippen LogP contribution in [-0.2, 0) is 0 Å². The van der Waals surface area contributed by atoms with E-state index < -0.39 is 11.8 Å². The van der Waals surface area contributed by atoms with E-state index in [-0.39, 0.29) is 16.0 Å². The number of rotatable bonds is 1. The van der Waals surface area contributed by atoms with Gasteiger partial charge in [0.1, 0.15) is 11.9 Å². The molecule has 0 atom stereocenters. The van der Waals surface area contributed by atoms with Crippen LogP contribution in [0, 0.1) is 17.1 Å². The van der Waals surface area contributed by atoms with Crippen LogP contribution in [0.4, 0.5) is 4.39 Å². The maximum atomic E-state index is 12.8. The van der Waals surface area contributed by atoms with Crippen LogP contribution in [0.3, 0.4) is 0 Å². The van der Waals surface area contributed by atoms with Crippen molar-refractivity contribution in [2.24, 2.45) is 0 Å². The fourth-order valence-corrected chi connectivity index (χ4v) is 1.09. The van der Waals surface area contributed by atoms with Crippen molar-refractivity contribution in [1.29, 1.82) is 5.26 Å². The molecule has 0 saturated heterocycles. The van der Waals surface area contributed by atoms with Crippen LogP contribution in [-0.4, -0.2) is 11.1 Å². The van der Waals surface area contributed by atoms with Gasteiger partial charge < -0.3 is 5.11 Å². The molecule has 1 rings (SSSR count). The van der Waals surface area contributed by atoms with E-state index in [1.807, 2.05) is 0 Å². The van der Waals surface area contributed by atoms with Crippen LogP contribution in [0.2, 0.25) is 0 Å². The molecule has 0 spiro atoms. The monoisotopic (exact) mass is 197 g/mol. The molecule has 0 aliphatic rings. The fraction of sp³-hybridized carbons (Fsp3) is 0. The van der Waals surface area contributed by atoms with Crippen molar-refractivity contribution in [3.63, 3.8) is 0 Å². The number of carbonyl (C=O) groups is 1. The lowest BCUT2D eigenvalue weighted by Gasteiger charge is -2.00. The Hall–Kier alpha value is -1.54. The Morgan fingerprint density at radius 3 is 2.69 bits per heavy atom. The van der Waals surface area contributed by atoms with E-state index in [0.29, 0.717) is 0 Å². The van der Waals surface area contributed by atoms with Crippen LogP contribution >= 0.6 is 12.6 Å². The summed E-state index contributed by atoms with van der Waals surface area (Å²) >= 11 is 3.76. The summed E-state index contributed by atoms with van der Waals surface area (Å²) in [6.45, 7) is 0. The molecular weight excluding hydrogens is 193 g/mol. The van der Waals surface area contributed by atoms with Gasteiger partial charge in [0, 0.05) is 4.90 Å². The van der Waals surface area contributed by atoms with E-state index >= 15 is 0 Å². The molecule has 0 amide bonds. The predicted octanol–water partition coefficient (Wildman–Crippen LogP) is 1.68. The van der Waals surface area contributed by atoms with Gasteiger partial charge in [-0.15, -0.1) is 12.6 Å². The third kappa shape index (κ3) is 1.79. The summed E-state index contributed by atoms with van der Waals surface area (Å²) in [6.07, 6.45) is 0. The van der Waals surface area contributed by atoms with Gasteiger partial charge in [-0.05, 0) is 12.1 Å². The van der Waals surface area contributed by atoms with E-state index in [9.17, 15) is 9.18 Å². The predicted molar refractivity (Wildman–Crippen MR) is 45.3 cm³/mol. The lowest BCUT2D eigenvalue weighted by atomic mass is 10.1. The molecule has 1 aromatic rings. The molecule has 66 valence electrons. The second kappa shape index (κ2) is 3.46. The topological polar surface area (TPSA) is 61.1 Å². The molecule has 0 radical (unpaired) electrons. The molecule has 3 nitrogen and oxygen atoms in total. The Bertz CT molecular complexity index is 411. The number of aromatic carboxylic acids is 1. The number of halogens is 1. The molecule has 0 aromatic heterocycles. The van der Waals surface area contributed by atoms with Crippen molar-refractivity contribution in [3.05, 3.63) is 29.1 Å². The number of nitriles is 1. The first-order chi connectivity index (χ1) is 6.06. The van der Waals surface area contributed by atoms with E-state index in [0.717, 1.165) is 12.1 Å². The summed E-state index contributed by atoms with van der Waals surface area (Å²) in [5.41, 5.74) is -0.475. The van der Waals surface area contributed by atoms with Gasteiger partial charge in [-0.1, -0.05) is 0 Å². The Balaban J connectivity index is 3.41. The summed E-state index contributed by atoms with van der Waals surface area (Å²) in [7, 11) is 0. The second-order valence-corrected chi connectivity index (χ2v) is 2.75. The summed E-state index contributed by atoms with van der Waals surface area (Å²) in [5.74, 6) is -2.00. The third-order valence-electron chi connectivity index (χ3n) is 1.44. The van der Waals surface area contributed by atoms with Crippen LogP contribution in [0.25, 0.3) is 0 Å². The average molecular weight is 197 g/mol. The summed E-state index contributed by atoms with van der Waals surface area (Å²) < 4.78 is 12.8. The highest BCUT2D eigenvalue weighted by Gasteiger charge is 2.12. The Morgan fingerprint density at radius 2 is 2.23 bits per heavy atom.